The molecule has 0 radical (unpaired) electrons. The van der Waals surface area contributed by atoms with Crippen LogP contribution in [0.5, 0.6) is 0 Å². The number of rotatable bonds is 1. The van der Waals surface area contributed by atoms with Crippen LogP contribution >= 0.6 is 0 Å². The van der Waals surface area contributed by atoms with Crippen LogP contribution in [-0.4, -0.2) is 12.0 Å². The molecule has 2 aromatic rings. The van der Waals surface area contributed by atoms with Gasteiger partial charge in [-0.2, -0.15) is 0 Å². The number of anilines is 1. The fourth-order valence-corrected chi connectivity index (χ4v) is 1.80. The summed E-state index contributed by atoms with van der Waals surface area (Å²) in [6.07, 6.45) is 0. The van der Waals surface area contributed by atoms with E-state index in [4.69, 9.17) is 0 Å². The number of benzene rings is 1. The number of halogens is 1. The third-order valence-corrected chi connectivity index (χ3v) is 2.83. The topological polar surface area (TPSA) is 24.9 Å². The van der Waals surface area contributed by atoms with E-state index in [1.165, 1.54) is 6.07 Å². The van der Waals surface area contributed by atoms with Crippen molar-refractivity contribution in [3.8, 4) is 0 Å². The van der Waals surface area contributed by atoms with E-state index in [1.807, 2.05) is 19.2 Å². The molecule has 0 saturated carbocycles. The van der Waals surface area contributed by atoms with Gasteiger partial charge < -0.3 is 5.32 Å². The summed E-state index contributed by atoms with van der Waals surface area (Å²) in [5, 5.41) is 3.92. The van der Waals surface area contributed by atoms with E-state index in [9.17, 15) is 4.39 Å². The predicted octanol–water partition coefficient (Wildman–Crippen LogP) is 3.71. The van der Waals surface area contributed by atoms with Crippen molar-refractivity contribution in [1.82, 2.24) is 4.98 Å². The van der Waals surface area contributed by atoms with Crippen molar-refractivity contribution in [2.75, 3.05) is 12.4 Å². The Labute approximate surface area is 101 Å². The Morgan fingerprint density at radius 2 is 1.94 bits per heavy atom. The zero-order chi connectivity index (χ0) is 12.6. The Kier molecular flexibility index (Phi) is 2.77. The summed E-state index contributed by atoms with van der Waals surface area (Å²) in [6.45, 7) is 6.21. The minimum Gasteiger partial charge on any atom is -0.388 e. The second-order valence-electron chi connectivity index (χ2n) is 5.19. The van der Waals surface area contributed by atoms with Gasteiger partial charge in [0.25, 0.3) is 0 Å². The van der Waals surface area contributed by atoms with E-state index in [1.54, 1.807) is 6.07 Å². The van der Waals surface area contributed by atoms with Gasteiger partial charge in [0, 0.05) is 29.2 Å². The largest absolute Gasteiger partial charge is 0.388 e. The van der Waals surface area contributed by atoms with Crippen molar-refractivity contribution in [1.29, 1.82) is 0 Å². The fraction of sp³-hybridized carbons (Fsp3) is 0.357. The first kappa shape index (κ1) is 11.8. The van der Waals surface area contributed by atoms with Crippen LogP contribution in [-0.2, 0) is 5.41 Å². The number of aromatic nitrogens is 1. The van der Waals surface area contributed by atoms with Crippen LogP contribution in [0, 0.1) is 5.82 Å². The minimum atomic E-state index is -0.273. The van der Waals surface area contributed by atoms with Crippen LogP contribution in [0.4, 0.5) is 10.1 Å². The summed E-state index contributed by atoms with van der Waals surface area (Å²) < 4.78 is 13.8. The highest BCUT2D eigenvalue weighted by molar-refractivity contribution is 5.91. The molecule has 0 aliphatic carbocycles. The summed E-state index contributed by atoms with van der Waals surface area (Å²) >= 11 is 0. The van der Waals surface area contributed by atoms with Crippen LogP contribution in [0.25, 0.3) is 10.9 Å². The number of fused-ring (bicyclic) bond motifs is 1. The molecule has 0 unspecified atom stereocenters. The van der Waals surface area contributed by atoms with Crippen LogP contribution in [0.15, 0.2) is 24.3 Å². The maximum atomic E-state index is 13.8. The lowest BCUT2D eigenvalue weighted by molar-refractivity contribution is 0.569. The molecule has 2 rings (SSSR count). The standard InChI is InChI=1S/C14H17FN2/c1-14(2,3)12-8-11(16-4)9-6-5-7-10(15)13(9)17-12/h5-8H,1-4H3,(H,16,17). The molecule has 0 fully saturated rings. The third kappa shape index (κ3) is 2.09. The van der Waals surface area contributed by atoms with Crippen molar-refractivity contribution < 1.29 is 4.39 Å². The second-order valence-corrected chi connectivity index (χ2v) is 5.19. The van der Waals surface area contributed by atoms with E-state index in [-0.39, 0.29) is 11.2 Å². The monoisotopic (exact) mass is 232 g/mol. The lowest BCUT2D eigenvalue weighted by atomic mass is 9.90. The Bertz CT molecular complexity index is 556. The zero-order valence-electron chi connectivity index (χ0n) is 10.6. The molecule has 0 bridgehead atoms. The highest BCUT2D eigenvalue weighted by Gasteiger charge is 2.18. The Hall–Kier alpha value is -1.64. The van der Waals surface area contributed by atoms with Gasteiger partial charge in [0.05, 0.1) is 0 Å². The predicted molar refractivity (Wildman–Crippen MR) is 69.9 cm³/mol. The average Bonchev–Trinajstić information content (AvgIpc) is 2.27. The second kappa shape index (κ2) is 3.99. The van der Waals surface area contributed by atoms with Crippen LogP contribution in [0.1, 0.15) is 26.5 Å². The molecule has 1 aromatic carbocycles. The fourth-order valence-electron chi connectivity index (χ4n) is 1.80. The summed E-state index contributed by atoms with van der Waals surface area (Å²) in [5.41, 5.74) is 2.14. The normalized spacial score (nSPS) is 11.8. The minimum absolute atomic E-state index is 0.0952. The molecule has 1 aromatic heterocycles. The van der Waals surface area contributed by atoms with Crippen molar-refractivity contribution in [3.05, 3.63) is 35.8 Å². The molecule has 1 heterocycles. The third-order valence-electron chi connectivity index (χ3n) is 2.83. The lowest BCUT2D eigenvalue weighted by Gasteiger charge is -2.20. The summed E-state index contributed by atoms with van der Waals surface area (Å²) in [6, 6.07) is 7.02. The number of nitrogens with zero attached hydrogens (tertiary/aromatic N) is 1. The molecule has 0 amide bonds. The molecular weight excluding hydrogens is 215 g/mol. The average molecular weight is 232 g/mol. The van der Waals surface area contributed by atoms with Gasteiger partial charge >= 0.3 is 0 Å². The van der Waals surface area contributed by atoms with Gasteiger partial charge in [0.2, 0.25) is 0 Å². The molecule has 0 aliphatic rings. The Morgan fingerprint density at radius 3 is 2.53 bits per heavy atom. The molecule has 0 spiro atoms. The van der Waals surface area contributed by atoms with Crippen LogP contribution < -0.4 is 5.32 Å². The first-order valence-corrected chi connectivity index (χ1v) is 5.71. The van der Waals surface area contributed by atoms with Gasteiger partial charge in [0.15, 0.2) is 0 Å². The van der Waals surface area contributed by atoms with Crippen LogP contribution in [0.2, 0.25) is 0 Å². The Morgan fingerprint density at radius 1 is 1.24 bits per heavy atom. The number of hydrogen-bond acceptors (Lipinski definition) is 2. The molecule has 0 atom stereocenters. The highest BCUT2D eigenvalue weighted by Crippen LogP contribution is 2.29. The summed E-state index contributed by atoms with van der Waals surface area (Å²) in [7, 11) is 1.84. The molecule has 0 aliphatic heterocycles. The van der Waals surface area contributed by atoms with Gasteiger partial charge in [-0.05, 0) is 12.1 Å². The van der Waals surface area contributed by atoms with E-state index in [0.29, 0.717) is 5.52 Å². The van der Waals surface area contributed by atoms with Crippen molar-refractivity contribution in [2.24, 2.45) is 0 Å². The van der Waals surface area contributed by atoms with Crippen molar-refractivity contribution in [3.63, 3.8) is 0 Å². The first-order chi connectivity index (χ1) is 7.93. The summed E-state index contributed by atoms with van der Waals surface area (Å²) in [5.74, 6) is -0.273. The maximum Gasteiger partial charge on any atom is 0.149 e. The molecule has 3 heteroatoms. The van der Waals surface area contributed by atoms with Gasteiger partial charge in [-0.1, -0.05) is 32.9 Å². The zero-order valence-corrected chi connectivity index (χ0v) is 10.6. The molecule has 2 nitrogen and oxygen atoms in total. The van der Waals surface area contributed by atoms with E-state index in [2.05, 4.69) is 31.1 Å². The lowest BCUT2D eigenvalue weighted by Crippen LogP contribution is -2.14. The quantitative estimate of drug-likeness (QED) is 0.810. The molecular formula is C14H17FN2. The van der Waals surface area contributed by atoms with Crippen molar-refractivity contribution >= 4 is 16.6 Å². The van der Waals surface area contributed by atoms with Crippen molar-refractivity contribution in [2.45, 2.75) is 26.2 Å². The smallest absolute Gasteiger partial charge is 0.149 e. The van der Waals surface area contributed by atoms with Crippen LogP contribution in [0.3, 0.4) is 0 Å². The number of hydrogen-bond donors (Lipinski definition) is 1. The van der Waals surface area contributed by atoms with E-state index < -0.39 is 0 Å². The van der Waals surface area contributed by atoms with E-state index >= 15 is 0 Å². The molecule has 90 valence electrons. The van der Waals surface area contributed by atoms with E-state index in [0.717, 1.165) is 16.8 Å². The SMILES string of the molecule is CNc1cc(C(C)(C)C)nc2c(F)cccc12. The number of nitrogens with one attached hydrogen (secondary N) is 1. The highest BCUT2D eigenvalue weighted by atomic mass is 19.1. The maximum absolute atomic E-state index is 13.8. The summed E-state index contributed by atoms with van der Waals surface area (Å²) in [4.78, 5) is 4.44. The molecule has 1 N–H and O–H groups in total. The van der Waals surface area contributed by atoms with Gasteiger partial charge in [-0.15, -0.1) is 0 Å². The van der Waals surface area contributed by atoms with Gasteiger partial charge in [-0.25, -0.2) is 9.37 Å². The number of para-hydroxylation sites is 1. The van der Waals surface area contributed by atoms with Gasteiger partial charge in [0.1, 0.15) is 11.3 Å². The Balaban J connectivity index is 2.81. The molecule has 0 saturated heterocycles. The molecule has 17 heavy (non-hydrogen) atoms. The van der Waals surface area contributed by atoms with Gasteiger partial charge in [-0.3, -0.25) is 0 Å². The number of pyridine rings is 1. The first-order valence-electron chi connectivity index (χ1n) is 5.71.